The van der Waals surface area contributed by atoms with Gasteiger partial charge in [0.2, 0.25) is 0 Å². The average molecular weight is 610 g/mol. The highest BCUT2D eigenvalue weighted by Gasteiger charge is 2.38. The normalized spacial score (nSPS) is 17.2. The van der Waals surface area contributed by atoms with Crippen LogP contribution in [0.3, 0.4) is 0 Å². The number of hydrogen-bond donors (Lipinski definition) is 0. The fraction of sp³-hybridized carbons (Fsp3) is 0.261. The fourth-order valence-corrected chi connectivity index (χ4v) is 9.23. The lowest BCUT2D eigenvalue weighted by molar-refractivity contribution is 0.443. The maximum absolute atomic E-state index is 2.56. The van der Waals surface area contributed by atoms with Crippen LogP contribution in [0, 0.1) is 0 Å². The molecule has 0 aliphatic heterocycles. The molecule has 3 aliphatic rings. The van der Waals surface area contributed by atoms with E-state index in [0.717, 1.165) is 0 Å². The van der Waals surface area contributed by atoms with Crippen molar-refractivity contribution in [1.82, 2.24) is 0 Å². The Morgan fingerprint density at radius 2 is 1.04 bits per heavy atom. The molecule has 0 bridgehead atoms. The van der Waals surface area contributed by atoms with Crippen LogP contribution in [0.1, 0.15) is 93.5 Å². The standard InChI is InChI=1S/C46H43N/c1-45(2)40-19-11-10-18-36(40)38-25-22-33(28-42(38)45)47(44-20-12-16-31-15-8-9-17-35(31)44)34-23-26-39-37-24-21-32(30-13-6-5-7-14-30)27-41(37)46(3,4)43(39)29-34/h8-12,15-30H,5-7,13-14H2,1-4H3. The molecule has 0 unspecified atom stereocenters. The summed E-state index contributed by atoms with van der Waals surface area (Å²) in [6.45, 7) is 9.62. The first-order valence-electron chi connectivity index (χ1n) is 17.6. The Hall–Kier alpha value is -4.62. The first kappa shape index (κ1) is 28.6. The first-order valence-corrected chi connectivity index (χ1v) is 17.6. The molecular formula is C46H43N. The Kier molecular flexibility index (Phi) is 6.35. The minimum Gasteiger partial charge on any atom is -0.310 e. The molecule has 1 fully saturated rings. The number of anilines is 3. The van der Waals surface area contributed by atoms with Gasteiger partial charge < -0.3 is 4.90 Å². The van der Waals surface area contributed by atoms with Gasteiger partial charge in [-0.1, -0.05) is 138 Å². The molecule has 3 aliphatic carbocycles. The summed E-state index contributed by atoms with van der Waals surface area (Å²) in [6, 6.07) is 46.3. The van der Waals surface area contributed by atoms with Crippen LogP contribution >= 0.6 is 0 Å². The monoisotopic (exact) mass is 609 g/mol. The highest BCUT2D eigenvalue weighted by Crippen LogP contribution is 2.54. The smallest absolute Gasteiger partial charge is 0.0540 e. The molecule has 1 heteroatoms. The van der Waals surface area contributed by atoms with Crippen LogP contribution in [-0.4, -0.2) is 0 Å². The zero-order valence-electron chi connectivity index (χ0n) is 28.1. The molecule has 9 rings (SSSR count). The van der Waals surface area contributed by atoms with Gasteiger partial charge in [0.15, 0.2) is 0 Å². The molecule has 0 atom stereocenters. The second-order valence-electron chi connectivity index (χ2n) is 15.2. The molecule has 1 nitrogen and oxygen atoms in total. The van der Waals surface area contributed by atoms with Crippen LogP contribution < -0.4 is 4.90 Å². The number of nitrogens with zero attached hydrogens (tertiary/aromatic N) is 1. The summed E-state index contributed by atoms with van der Waals surface area (Å²) >= 11 is 0. The third-order valence-corrected chi connectivity index (χ3v) is 11.9. The molecule has 232 valence electrons. The van der Waals surface area contributed by atoms with Crippen molar-refractivity contribution < 1.29 is 0 Å². The SMILES string of the molecule is CC1(C)c2ccccc2-c2ccc(N(c3ccc4c(c3)C(C)(C)c3cc(C5CCCCC5)ccc3-4)c3cccc4ccccc34)cc21. The van der Waals surface area contributed by atoms with Gasteiger partial charge in [0.1, 0.15) is 0 Å². The minimum absolute atomic E-state index is 0.0655. The lowest BCUT2D eigenvalue weighted by Gasteiger charge is -2.30. The largest absolute Gasteiger partial charge is 0.310 e. The van der Waals surface area contributed by atoms with Crippen LogP contribution in [0.4, 0.5) is 17.1 Å². The molecule has 0 radical (unpaired) electrons. The van der Waals surface area contributed by atoms with Gasteiger partial charge in [0.25, 0.3) is 0 Å². The molecule has 1 saturated carbocycles. The van der Waals surface area contributed by atoms with Gasteiger partial charge in [-0.2, -0.15) is 0 Å². The van der Waals surface area contributed by atoms with E-state index >= 15 is 0 Å². The lowest BCUT2D eigenvalue weighted by Crippen LogP contribution is -2.18. The van der Waals surface area contributed by atoms with Gasteiger partial charge in [0, 0.05) is 27.6 Å². The second-order valence-corrected chi connectivity index (χ2v) is 15.2. The zero-order chi connectivity index (χ0) is 31.9. The minimum atomic E-state index is -0.0721. The number of benzene rings is 6. The Balaban J connectivity index is 1.21. The summed E-state index contributed by atoms with van der Waals surface area (Å²) < 4.78 is 0. The predicted octanol–water partition coefficient (Wildman–Crippen LogP) is 13.0. The second kappa shape index (κ2) is 10.4. The van der Waals surface area contributed by atoms with Gasteiger partial charge in [-0.05, 0) is 105 Å². The summed E-state index contributed by atoms with van der Waals surface area (Å²) in [6.07, 6.45) is 6.79. The van der Waals surface area contributed by atoms with E-state index in [4.69, 9.17) is 0 Å². The van der Waals surface area contributed by atoms with E-state index < -0.39 is 0 Å². The molecule has 6 aromatic rings. The van der Waals surface area contributed by atoms with E-state index in [2.05, 4.69) is 154 Å². The van der Waals surface area contributed by atoms with E-state index in [0.29, 0.717) is 5.92 Å². The third-order valence-electron chi connectivity index (χ3n) is 11.9. The number of rotatable bonds is 4. The summed E-state index contributed by atoms with van der Waals surface area (Å²) in [5.41, 5.74) is 16.2. The molecule has 6 aromatic carbocycles. The van der Waals surface area contributed by atoms with Gasteiger partial charge in [-0.15, -0.1) is 0 Å². The zero-order valence-corrected chi connectivity index (χ0v) is 28.1. The lowest BCUT2D eigenvalue weighted by atomic mass is 9.79. The van der Waals surface area contributed by atoms with Crippen molar-refractivity contribution in [3.05, 3.63) is 149 Å². The van der Waals surface area contributed by atoms with E-state index in [1.54, 1.807) is 5.56 Å². The van der Waals surface area contributed by atoms with E-state index in [1.807, 2.05) is 0 Å². The topological polar surface area (TPSA) is 3.24 Å². The molecular weight excluding hydrogens is 567 g/mol. The molecule has 0 N–H and O–H groups in total. The Morgan fingerprint density at radius 1 is 0.489 bits per heavy atom. The van der Waals surface area contributed by atoms with Crippen molar-refractivity contribution in [2.75, 3.05) is 4.90 Å². The van der Waals surface area contributed by atoms with Crippen molar-refractivity contribution in [2.24, 2.45) is 0 Å². The van der Waals surface area contributed by atoms with Gasteiger partial charge in [-0.3, -0.25) is 0 Å². The highest BCUT2D eigenvalue weighted by atomic mass is 15.1. The van der Waals surface area contributed by atoms with E-state index in [9.17, 15) is 0 Å². The van der Waals surface area contributed by atoms with Crippen molar-refractivity contribution in [2.45, 2.75) is 76.5 Å². The Labute approximate surface area is 279 Å². The summed E-state index contributed by atoms with van der Waals surface area (Å²) in [4.78, 5) is 2.51. The number of fused-ring (bicyclic) bond motifs is 7. The molecule has 0 heterocycles. The molecule has 0 amide bonds. The molecule has 47 heavy (non-hydrogen) atoms. The quantitative estimate of drug-likeness (QED) is 0.192. The van der Waals surface area contributed by atoms with Crippen LogP contribution in [-0.2, 0) is 10.8 Å². The van der Waals surface area contributed by atoms with Crippen LogP contribution in [0.25, 0.3) is 33.0 Å². The third kappa shape index (κ3) is 4.28. The van der Waals surface area contributed by atoms with Crippen molar-refractivity contribution >= 4 is 27.8 Å². The maximum Gasteiger partial charge on any atom is 0.0540 e. The fourth-order valence-electron chi connectivity index (χ4n) is 9.23. The van der Waals surface area contributed by atoms with Crippen LogP contribution in [0.2, 0.25) is 0 Å². The van der Waals surface area contributed by atoms with E-state index in [1.165, 1.54) is 104 Å². The molecule has 0 saturated heterocycles. The average Bonchev–Trinajstić information content (AvgIpc) is 3.48. The van der Waals surface area contributed by atoms with Gasteiger partial charge >= 0.3 is 0 Å². The highest BCUT2D eigenvalue weighted by molar-refractivity contribution is 6.00. The Bertz CT molecular complexity index is 2190. The van der Waals surface area contributed by atoms with Crippen LogP contribution in [0.15, 0.2) is 121 Å². The first-order chi connectivity index (χ1) is 22.8. The molecule has 0 spiro atoms. The van der Waals surface area contributed by atoms with Crippen LogP contribution in [0.5, 0.6) is 0 Å². The van der Waals surface area contributed by atoms with Crippen molar-refractivity contribution in [3.8, 4) is 22.3 Å². The van der Waals surface area contributed by atoms with Crippen molar-refractivity contribution in [3.63, 3.8) is 0 Å². The molecule has 0 aromatic heterocycles. The summed E-state index contributed by atoms with van der Waals surface area (Å²) in [7, 11) is 0. The predicted molar refractivity (Wildman–Crippen MR) is 200 cm³/mol. The maximum atomic E-state index is 2.56. The Morgan fingerprint density at radius 3 is 1.77 bits per heavy atom. The van der Waals surface area contributed by atoms with Crippen molar-refractivity contribution in [1.29, 1.82) is 0 Å². The summed E-state index contributed by atoms with van der Waals surface area (Å²) in [5, 5.41) is 2.52. The van der Waals surface area contributed by atoms with Gasteiger partial charge in [0.05, 0.1) is 5.69 Å². The van der Waals surface area contributed by atoms with E-state index in [-0.39, 0.29) is 10.8 Å². The summed E-state index contributed by atoms with van der Waals surface area (Å²) in [5.74, 6) is 0.709. The number of hydrogen-bond acceptors (Lipinski definition) is 1. The van der Waals surface area contributed by atoms with Gasteiger partial charge in [-0.25, -0.2) is 0 Å².